The lowest BCUT2D eigenvalue weighted by Crippen LogP contribution is -2.15. The summed E-state index contributed by atoms with van der Waals surface area (Å²) in [7, 11) is -3.39. The highest BCUT2D eigenvalue weighted by atomic mass is 79.9. The third-order valence-corrected chi connectivity index (χ3v) is 5.34. The van der Waals surface area contributed by atoms with E-state index in [2.05, 4.69) is 26.2 Å². The van der Waals surface area contributed by atoms with E-state index in [-0.39, 0.29) is 4.90 Å². The number of carbonyl (C=O) groups is 1. The van der Waals surface area contributed by atoms with Crippen molar-refractivity contribution >= 4 is 48.3 Å². The maximum Gasteiger partial charge on any atom is 0.257 e. The molecule has 0 bridgehead atoms. The number of anilines is 1. The molecule has 1 amide bonds. The Morgan fingerprint density at radius 2 is 1.84 bits per heavy atom. The van der Waals surface area contributed by atoms with Crippen LogP contribution in [0.15, 0.2) is 58.0 Å². The molecule has 1 N–H and O–H groups in total. The number of hydrogen-bond donors (Lipinski definition) is 1. The van der Waals surface area contributed by atoms with E-state index < -0.39 is 15.7 Å². The molecule has 0 aliphatic heterocycles. The summed E-state index contributed by atoms with van der Waals surface area (Å²) in [6, 6.07) is 13.9. The van der Waals surface area contributed by atoms with Crippen molar-refractivity contribution in [3.05, 3.63) is 64.3 Å². The highest BCUT2D eigenvalue weighted by molar-refractivity contribution is 9.10. The van der Waals surface area contributed by atoms with Gasteiger partial charge in [-0.25, -0.2) is 13.4 Å². The molecule has 3 rings (SSSR count). The Labute approximate surface area is 154 Å². The largest absolute Gasteiger partial charge is 0.306 e. The van der Waals surface area contributed by atoms with Gasteiger partial charge >= 0.3 is 0 Å². The van der Waals surface area contributed by atoms with E-state index in [0.717, 1.165) is 17.0 Å². The summed E-state index contributed by atoms with van der Waals surface area (Å²) in [6.07, 6.45) is 1.11. The van der Waals surface area contributed by atoms with Crippen molar-refractivity contribution in [3.63, 3.8) is 0 Å². The molecule has 128 valence electrons. The van der Waals surface area contributed by atoms with Crippen molar-refractivity contribution in [2.24, 2.45) is 0 Å². The molecule has 25 heavy (non-hydrogen) atoms. The van der Waals surface area contributed by atoms with Crippen molar-refractivity contribution in [3.8, 4) is 0 Å². The van der Waals surface area contributed by atoms with Crippen molar-refractivity contribution in [1.29, 1.82) is 0 Å². The Kier molecular flexibility index (Phi) is 4.62. The fraction of sp³-hybridized carbons (Fsp3) is 0.111. The van der Waals surface area contributed by atoms with Crippen molar-refractivity contribution in [2.45, 2.75) is 11.8 Å². The number of fused-ring (bicyclic) bond motifs is 1. The third-order valence-electron chi connectivity index (χ3n) is 3.82. The maximum absolute atomic E-state index is 12.7. The van der Waals surface area contributed by atoms with Gasteiger partial charge in [-0.05, 0) is 52.0 Å². The zero-order valence-corrected chi connectivity index (χ0v) is 16.0. The second kappa shape index (κ2) is 6.57. The van der Waals surface area contributed by atoms with E-state index in [4.69, 9.17) is 0 Å². The Balaban J connectivity index is 2.04. The lowest BCUT2D eigenvalue weighted by Gasteiger charge is -2.11. The lowest BCUT2D eigenvalue weighted by atomic mass is 10.1. The second-order valence-corrected chi connectivity index (χ2v) is 8.55. The molecule has 0 aliphatic carbocycles. The van der Waals surface area contributed by atoms with Crippen LogP contribution in [0.1, 0.15) is 15.9 Å². The predicted molar refractivity (Wildman–Crippen MR) is 102 cm³/mol. The molecule has 0 spiro atoms. The number of sulfone groups is 1. The van der Waals surface area contributed by atoms with E-state index in [1.165, 1.54) is 12.1 Å². The van der Waals surface area contributed by atoms with Gasteiger partial charge in [0.15, 0.2) is 9.84 Å². The van der Waals surface area contributed by atoms with Crippen LogP contribution in [0.5, 0.6) is 0 Å². The van der Waals surface area contributed by atoms with Gasteiger partial charge in [-0.15, -0.1) is 0 Å². The molecule has 1 aromatic heterocycles. The maximum atomic E-state index is 12.7. The Morgan fingerprint density at radius 1 is 1.12 bits per heavy atom. The lowest BCUT2D eigenvalue weighted by molar-refractivity contribution is 0.102. The standard InChI is InChI=1S/C18H15BrN2O3S/c1-11-7-8-13(25(2,23)24)10-15(11)18(22)21-17-14-6-4-3-5-12(14)9-16(19)20-17/h3-10H,1-2H3,(H,20,21,22). The summed E-state index contributed by atoms with van der Waals surface area (Å²) in [5.41, 5.74) is 0.984. The zero-order valence-electron chi connectivity index (χ0n) is 13.6. The number of hydrogen-bond acceptors (Lipinski definition) is 4. The summed E-state index contributed by atoms with van der Waals surface area (Å²) in [6.45, 7) is 1.76. The number of pyridine rings is 1. The van der Waals surface area contributed by atoms with Crippen LogP contribution in [0.25, 0.3) is 10.8 Å². The number of halogens is 1. The Morgan fingerprint density at radius 3 is 2.56 bits per heavy atom. The molecular formula is C18H15BrN2O3S. The zero-order chi connectivity index (χ0) is 18.2. The van der Waals surface area contributed by atoms with Gasteiger partial charge in [0, 0.05) is 17.2 Å². The van der Waals surface area contributed by atoms with E-state index in [1.54, 1.807) is 13.0 Å². The Hall–Kier alpha value is -2.25. The molecule has 3 aromatic rings. The minimum absolute atomic E-state index is 0.107. The first-order valence-electron chi connectivity index (χ1n) is 7.43. The summed E-state index contributed by atoms with van der Waals surface area (Å²) < 4.78 is 24.1. The molecule has 1 heterocycles. The number of amides is 1. The fourth-order valence-electron chi connectivity index (χ4n) is 2.51. The van der Waals surface area contributed by atoms with Crippen LogP contribution in [-0.2, 0) is 9.84 Å². The topological polar surface area (TPSA) is 76.1 Å². The molecule has 2 aromatic carbocycles. The molecular weight excluding hydrogens is 404 g/mol. The van der Waals surface area contributed by atoms with E-state index >= 15 is 0 Å². The van der Waals surface area contributed by atoms with Crippen LogP contribution >= 0.6 is 15.9 Å². The number of nitrogens with one attached hydrogen (secondary N) is 1. The first-order chi connectivity index (χ1) is 11.8. The molecule has 0 saturated heterocycles. The van der Waals surface area contributed by atoms with Gasteiger partial charge in [0.05, 0.1) is 4.90 Å². The van der Waals surface area contributed by atoms with Crippen LogP contribution in [0.3, 0.4) is 0 Å². The minimum Gasteiger partial charge on any atom is -0.306 e. The van der Waals surface area contributed by atoms with Crippen molar-refractivity contribution in [1.82, 2.24) is 4.98 Å². The van der Waals surface area contributed by atoms with Crippen LogP contribution in [0.2, 0.25) is 0 Å². The van der Waals surface area contributed by atoms with Crippen molar-refractivity contribution < 1.29 is 13.2 Å². The molecule has 0 atom stereocenters. The van der Waals surface area contributed by atoms with E-state index in [0.29, 0.717) is 21.5 Å². The molecule has 0 unspecified atom stereocenters. The molecule has 0 fully saturated rings. The number of aromatic nitrogens is 1. The van der Waals surface area contributed by atoms with Gasteiger partial charge in [0.1, 0.15) is 10.4 Å². The normalized spacial score (nSPS) is 11.5. The molecule has 0 radical (unpaired) electrons. The molecule has 5 nitrogen and oxygen atoms in total. The van der Waals surface area contributed by atoms with Gasteiger partial charge in [-0.3, -0.25) is 4.79 Å². The van der Waals surface area contributed by atoms with Crippen LogP contribution in [-0.4, -0.2) is 25.6 Å². The first kappa shape index (κ1) is 17.6. The summed E-state index contributed by atoms with van der Waals surface area (Å²) in [4.78, 5) is 17.1. The third kappa shape index (κ3) is 3.72. The van der Waals surface area contributed by atoms with Gasteiger partial charge in [0.2, 0.25) is 0 Å². The quantitative estimate of drug-likeness (QED) is 0.652. The minimum atomic E-state index is -3.39. The van der Waals surface area contributed by atoms with Gasteiger partial charge in [-0.2, -0.15) is 0 Å². The summed E-state index contributed by atoms with van der Waals surface area (Å²) >= 11 is 3.34. The van der Waals surface area contributed by atoms with Gasteiger partial charge in [-0.1, -0.05) is 30.3 Å². The van der Waals surface area contributed by atoms with Crippen LogP contribution in [0.4, 0.5) is 5.82 Å². The molecule has 0 aliphatic rings. The average Bonchev–Trinajstić information content (AvgIpc) is 2.53. The summed E-state index contributed by atoms with van der Waals surface area (Å²) in [5.74, 6) is 0.0119. The van der Waals surface area contributed by atoms with Crippen LogP contribution < -0.4 is 5.32 Å². The highest BCUT2D eigenvalue weighted by Crippen LogP contribution is 2.26. The van der Waals surface area contributed by atoms with Crippen LogP contribution in [0, 0.1) is 6.92 Å². The monoisotopic (exact) mass is 418 g/mol. The highest BCUT2D eigenvalue weighted by Gasteiger charge is 2.16. The van der Waals surface area contributed by atoms with E-state index in [9.17, 15) is 13.2 Å². The van der Waals surface area contributed by atoms with Crippen molar-refractivity contribution in [2.75, 3.05) is 11.6 Å². The number of benzene rings is 2. The number of aryl methyl sites for hydroxylation is 1. The fourth-order valence-corrected chi connectivity index (χ4v) is 3.58. The average molecular weight is 419 g/mol. The first-order valence-corrected chi connectivity index (χ1v) is 10.1. The van der Waals surface area contributed by atoms with Gasteiger partial charge < -0.3 is 5.32 Å². The smallest absolute Gasteiger partial charge is 0.257 e. The molecule has 7 heteroatoms. The molecule has 0 saturated carbocycles. The predicted octanol–water partition coefficient (Wildman–Crippen LogP) is 3.96. The second-order valence-electron chi connectivity index (χ2n) is 5.72. The number of rotatable bonds is 3. The number of carbonyl (C=O) groups excluding carboxylic acids is 1. The van der Waals surface area contributed by atoms with E-state index in [1.807, 2.05) is 30.3 Å². The van der Waals surface area contributed by atoms with Gasteiger partial charge in [0.25, 0.3) is 5.91 Å². The Bertz CT molecular complexity index is 1090. The SMILES string of the molecule is Cc1ccc(S(C)(=O)=O)cc1C(=O)Nc1nc(Br)cc2ccccc12. The number of nitrogens with zero attached hydrogens (tertiary/aromatic N) is 1. The summed E-state index contributed by atoms with van der Waals surface area (Å²) in [5, 5.41) is 4.52.